The van der Waals surface area contributed by atoms with Crippen molar-refractivity contribution in [3.63, 3.8) is 0 Å². The molecule has 2 aromatic rings. The van der Waals surface area contributed by atoms with Gasteiger partial charge >= 0.3 is 0 Å². The third kappa shape index (κ3) is 2.07. The molecule has 0 radical (unpaired) electrons. The van der Waals surface area contributed by atoms with Crippen molar-refractivity contribution in [2.75, 3.05) is 0 Å². The van der Waals surface area contributed by atoms with Crippen LogP contribution in [0, 0.1) is 0 Å². The van der Waals surface area contributed by atoms with E-state index in [-0.39, 0.29) is 0 Å². The standard InChI is InChI=1S/C11H13ClN4/c1-2-7-16-10(8-12)14-15-11(16)9-3-5-13-6-4-9/h3-6H,2,7-8H2,1H3. The molecule has 2 aromatic heterocycles. The number of halogens is 1. The third-order valence-electron chi connectivity index (χ3n) is 2.33. The molecule has 0 aliphatic rings. The maximum atomic E-state index is 5.83. The molecule has 0 saturated heterocycles. The van der Waals surface area contributed by atoms with Crippen molar-refractivity contribution in [2.45, 2.75) is 25.8 Å². The van der Waals surface area contributed by atoms with Crippen molar-refractivity contribution in [1.29, 1.82) is 0 Å². The first-order chi connectivity index (χ1) is 7.86. The lowest BCUT2D eigenvalue weighted by molar-refractivity contribution is 0.659. The van der Waals surface area contributed by atoms with Crippen LogP contribution in [0.25, 0.3) is 11.4 Å². The zero-order chi connectivity index (χ0) is 11.4. The van der Waals surface area contributed by atoms with Crippen LogP contribution in [0.5, 0.6) is 0 Å². The molecule has 0 amide bonds. The molecule has 0 aromatic carbocycles. The van der Waals surface area contributed by atoms with E-state index >= 15 is 0 Å². The maximum absolute atomic E-state index is 5.83. The molecule has 0 bridgehead atoms. The minimum absolute atomic E-state index is 0.387. The number of hydrogen-bond donors (Lipinski definition) is 0. The summed E-state index contributed by atoms with van der Waals surface area (Å²) in [6.45, 7) is 3.00. The van der Waals surface area contributed by atoms with E-state index in [9.17, 15) is 0 Å². The number of alkyl halides is 1. The Morgan fingerprint density at radius 3 is 2.62 bits per heavy atom. The van der Waals surface area contributed by atoms with Crippen LogP contribution in [0.3, 0.4) is 0 Å². The summed E-state index contributed by atoms with van der Waals surface area (Å²) in [5.74, 6) is 2.06. The van der Waals surface area contributed by atoms with Crippen LogP contribution < -0.4 is 0 Å². The van der Waals surface area contributed by atoms with Crippen molar-refractivity contribution in [2.24, 2.45) is 0 Å². The molecule has 2 rings (SSSR count). The van der Waals surface area contributed by atoms with E-state index < -0.39 is 0 Å². The Bertz CT molecular complexity index is 452. The molecule has 0 unspecified atom stereocenters. The van der Waals surface area contributed by atoms with Crippen LogP contribution in [-0.4, -0.2) is 19.7 Å². The molecule has 0 fully saturated rings. The Morgan fingerprint density at radius 1 is 1.25 bits per heavy atom. The molecule has 84 valence electrons. The van der Waals surface area contributed by atoms with Crippen molar-refractivity contribution < 1.29 is 0 Å². The molecule has 16 heavy (non-hydrogen) atoms. The number of hydrogen-bond acceptors (Lipinski definition) is 3. The molecule has 4 nitrogen and oxygen atoms in total. The molecule has 5 heteroatoms. The molecule has 0 saturated carbocycles. The van der Waals surface area contributed by atoms with Crippen LogP contribution in [0.1, 0.15) is 19.2 Å². The second kappa shape index (κ2) is 5.07. The summed E-state index contributed by atoms with van der Waals surface area (Å²) in [5.41, 5.74) is 1.02. The van der Waals surface area contributed by atoms with Gasteiger partial charge in [0.05, 0.1) is 5.88 Å². The summed E-state index contributed by atoms with van der Waals surface area (Å²) in [7, 11) is 0. The summed E-state index contributed by atoms with van der Waals surface area (Å²) in [5, 5.41) is 8.27. The summed E-state index contributed by atoms with van der Waals surface area (Å²) < 4.78 is 2.06. The van der Waals surface area contributed by atoms with Crippen LogP contribution in [0.15, 0.2) is 24.5 Å². The molecule has 0 atom stereocenters. The van der Waals surface area contributed by atoms with Crippen molar-refractivity contribution in [1.82, 2.24) is 19.7 Å². The lowest BCUT2D eigenvalue weighted by Gasteiger charge is -2.07. The molecular formula is C11H13ClN4. The molecule has 0 aliphatic carbocycles. The zero-order valence-corrected chi connectivity index (χ0v) is 9.85. The highest BCUT2D eigenvalue weighted by Gasteiger charge is 2.11. The lowest BCUT2D eigenvalue weighted by atomic mass is 10.2. The van der Waals surface area contributed by atoms with Crippen molar-refractivity contribution in [3.8, 4) is 11.4 Å². The summed E-state index contributed by atoms with van der Waals surface area (Å²) in [4.78, 5) is 3.99. The van der Waals surface area contributed by atoms with Gasteiger partial charge in [0.15, 0.2) is 5.82 Å². The Morgan fingerprint density at radius 2 is 2.00 bits per heavy atom. The minimum Gasteiger partial charge on any atom is -0.310 e. The highest BCUT2D eigenvalue weighted by molar-refractivity contribution is 6.16. The van der Waals surface area contributed by atoms with Crippen LogP contribution in [0.2, 0.25) is 0 Å². The normalized spacial score (nSPS) is 10.6. The molecular weight excluding hydrogens is 224 g/mol. The van der Waals surface area contributed by atoms with Gasteiger partial charge in [0, 0.05) is 24.5 Å². The van der Waals surface area contributed by atoms with Gasteiger partial charge in [-0.3, -0.25) is 4.98 Å². The predicted octanol–water partition coefficient (Wildman–Crippen LogP) is 2.49. The fourth-order valence-corrected chi connectivity index (χ4v) is 1.81. The van der Waals surface area contributed by atoms with E-state index in [0.717, 1.165) is 30.2 Å². The van der Waals surface area contributed by atoms with Crippen LogP contribution >= 0.6 is 11.6 Å². The fraction of sp³-hybridized carbons (Fsp3) is 0.364. The quantitative estimate of drug-likeness (QED) is 0.766. The van der Waals surface area contributed by atoms with Crippen LogP contribution in [-0.2, 0) is 12.4 Å². The van der Waals surface area contributed by atoms with Gasteiger partial charge in [-0.15, -0.1) is 21.8 Å². The largest absolute Gasteiger partial charge is 0.310 e. The van der Waals surface area contributed by atoms with E-state index in [4.69, 9.17) is 11.6 Å². The topological polar surface area (TPSA) is 43.6 Å². The first kappa shape index (κ1) is 11.1. The van der Waals surface area contributed by atoms with Crippen molar-refractivity contribution >= 4 is 11.6 Å². The average molecular weight is 237 g/mol. The van der Waals surface area contributed by atoms with Crippen molar-refractivity contribution in [3.05, 3.63) is 30.4 Å². The van der Waals surface area contributed by atoms with Gasteiger partial charge in [0.2, 0.25) is 0 Å². The second-order valence-electron chi connectivity index (χ2n) is 3.46. The van der Waals surface area contributed by atoms with Gasteiger partial charge in [0.25, 0.3) is 0 Å². The first-order valence-corrected chi connectivity index (χ1v) is 5.78. The SMILES string of the molecule is CCCn1c(CCl)nnc1-c1ccncc1. The van der Waals surface area contributed by atoms with Gasteiger partial charge < -0.3 is 4.57 Å². The fourth-order valence-electron chi connectivity index (χ4n) is 1.61. The Hall–Kier alpha value is -1.42. The summed E-state index contributed by atoms with van der Waals surface area (Å²) in [6, 6.07) is 3.85. The number of pyridine rings is 1. The lowest BCUT2D eigenvalue weighted by Crippen LogP contribution is -2.03. The first-order valence-electron chi connectivity index (χ1n) is 5.25. The van der Waals surface area contributed by atoms with E-state index in [1.807, 2.05) is 12.1 Å². The van der Waals surface area contributed by atoms with Gasteiger partial charge in [-0.2, -0.15) is 0 Å². The number of nitrogens with zero attached hydrogens (tertiary/aromatic N) is 4. The second-order valence-corrected chi connectivity index (χ2v) is 3.73. The summed E-state index contributed by atoms with van der Waals surface area (Å²) >= 11 is 5.83. The number of aromatic nitrogens is 4. The highest BCUT2D eigenvalue weighted by Crippen LogP contribution is 2.18. The van der Waals surface area contributed by atoms with Gasteiger partial charge in [-0.05, 0) is 18.6 Å². The maximum Gasteiger partial charge on any atom is 0.164 e. The van der Waals surface area contributed by atoms with E-state index in [1.54, 1.807) is 12.4 Å². The monoisotopic (exact) mass is 236 g/mol. The number of rotatable bonds is 4. The van der Waals surface area contributed by atoms with E-state index in [2.05, 4.69) is 26.7 Å². The van der Waals surface area contributed by atoms with E-state index in [1.165, 1.54) is 0 Å². The molecule has 0 spiro atoms. The summed E-state index contributed by atoms with van der Waals surface area (Å²) in [6.07, 6.45) is 4.53. The molecule has 2 heterocycles. The Labute approximate surface area is 99.3 Å². The third-order valence-corrected chi connectivity index (χ3v) is 2.57. The van der Waals surface area contributed by atoms with Gasteiger partial charge in [-0.25, -0.2) is 0 Å². The van der Waals surface area contributed by atoms with Crippen LogP contribution in [0.4, 0.5) is 0 Å². The minimum atomic E-state index is 0.387. The molecule has 0 aliphatic heterocycles. The Balaban J connectivity index is 2.44. The predicted molar refractivity (Wildman–Crippen MR) is 63.1 cm³/mol. The van der Waals surface area contributed by atoms with Gasteiger partial charge in [-0.1, -0.05) is 6.92 Å². The zero-order valence-electron chi connectivity index (χ0n) is 9.10. The average Bonchev–Trinajstić information content (AvgIpc) is 2.74. The Kier molecular flexibility index (Phi) is 3.51. The molecule has 0 N–H and O–H groups in total. The smallest absolute Gasteiger partial charge is 0.164 e. The van der Waals surface area contributed by atoms with E-state index in [0.29, 0.717) is 5.88 Å². The highest BCUT2D eigenvalue weighted by atomic mass is 35.5. The van der Waals surface area contributed by atoms with Gasteiger partial charge in [0.1, 0.15) is 5.82 Å².